The van der Waals surface area contributed by atoms with Gasteiger partial charge in [0.15, 0.2) is 17.9 Å². The second-order valence-corrected chi connectivity index (χ2v) is 9.10. The molecule has 2 aliphatic heterocycles. The number of nitrogens with zero attached hydrogens (tertiary/aromatic N) is 3. The van der Waals surface area contributed by atoms with E-state index in [2.05, 4.69) is 38.1 Å². The van der Waals surface area contributed by atoms with Gasteiger partial charge in [0.25, 0.3) is 0 Å². The molecule has 182 valence electrons. The van der Waals surface area contributed by atoms with Gasteiger partial charge in [0.05, 0.1) is 7.11 Å². The van der Waals surface area contributed by atoms with Crippen LogP contribution in [0.5, 0.6) is 5.75 Å². The van der Waals surface area contributed by atoms with Crippen LogP contribution in [-0.4, -0.2) is 61.9 Å². The van der Waals surface area contributed by atoms with Crippen molar-refractivity contribution in [2.45, 2.75) is 76.7 Å². The third-order valence-electron chi connectivity index (χ3n) is 6.81. The lowest BCUT2D eigenvalue weighted by Gasteiger charge is -2.29. The molecule has 9 heteroatoms. The van der Waals surface area contributed by atoms with Crippen LogP contribution in [0.1, 0.15) is 58.3 Å². The zero-order valence-corrected chi connectivity index (χ0v) is 19.9. The van der Waals surface area contributed by atoms with Gasteiger partial charge in [-0.25, -0.2) is 9.38 Å². The maximum atomic E-state index is 14.2. The van der Waals surface area contributed by atoms with E-state index in [4.69, 9.17) is 9.73 Å². The molecule has 1 aromatic carbocycles. The number of likely N-dealkylation sites (tertiary alicyclic amines) is 1. The Kier molecular flexibility index (Phi) is 8.39. The quantitative estimate of drug-likeness (QED) is 0.469. The van der Waals surface area contributed by atoms with Gasteiger partial charge in [-0.15, -0.1) is 0 Å². The highest BCUT2D eigenvalue weighted by molar-refractivity contribution is 6.03. The molecule has 0 radical (unpaired) electrons. The summed E-state index contributed by atoms with van der Waals surface area (Å²) in [7, 11) is 1.46. The number of aliphatic imine (C=N–C) groups is 2. The van der Waals surface area contributed by atoms with Gasteiger partial charge in [0.1, 0.15) is 0 Å². The number of benzene rings is 1. The first-order chi connectivity index (χ1) is 16.1. The summed E-state index contributed by atoms with van der Waals surface area (Å²) in [6, 6.07) is 5.71. The molecule has 1 saturated carbocycles. The summed E-state index contributed by atoms with van der Waals surface area (Å²) in [5.74, 6) is 0.929. The van der Waals surface area contributed by atoms with E-state index in [1.165, 1.54) is 51.7 Å². The molecule has 1 aromatic rings. The van der Waals surface area contributed by atoms with Crippen molar-refractivity contribution in [3.63, 3.8) is 0 Å². The predicted molar refractivity (Wildman–Crippen MR) is 131 cm³/mol. The van der Waals surface area contributed by atoms with E-state index in [0.717, 1.165) is 32.5 Å². The number of rotatable bonds is 7. The number of guanidine groups is 2. The molecule has 1 saturated heterocycles. The van der Waals surface area contributed by atoms with E-state index in [0.29, 0.717) is 29.7 Å². The number of likely N-dealkylation sites (N-methyl/N-ethyl adjacent to an activating group) is 1. The number of ether oxygens (including phenoxy) is 1. The second-order valence-electron chi connectivity index (χ2n) is 9.10. The number of hydrogen-bond acceptors (Lipinski definition) is 8. The fourth-order valence-corrected chi connectivity index (χ4v) is 4.98. The molecule has 0 bridgehead atoms. The van der Waals surface area contributed by atoms with E-state index in [9.17, 15) is 4.39 Å². The second kappa shape index (κ2) is 11.7. The number of methoxy groups -OCH3 is 1. The Hall–Kier alpha value is -2.39. The number of anilines is 1. The molecule has 4 N–H and O–H groups in total. The smallest absolute Gasteiger partial charge is 0.229 e. The average molecular weight is 460 g/mol. The minimum atomic E-state index is -0.423. The van der Waals surface area contributed by atoms with Gasteiger partial charge in [-0.1, -0.05) is 32.6 Å². The summed E-state index contributed by atoms with van der Waals surface area (Å²) in [6.07, 6.45) is 9.57. The van der Waals surface area contributed by atoms with E-state index < -0.39 is 5.82 Å². The van der Waals surface area contributed by atoms with Crippen LogP contribution in [0.2, 0.25) is 0 Å². The highest BCUT2D eigenvalue weighted by Crippen LogP contribution is 2.21. The van der Waals surface area contributed by atoms with Crippen LogP contribution < -0.4 is 26.0 Å². The molecular weight excluding hydrogens is 421 g/mol. The van der Waals surface area contributed by atoms with Crippen molar-refractivity contribution in [3.05, 3.63) is 24.0 Å². The molecular formula is C24H38FN7O. The zero-order valence-electron chi connectivity index (χ0n) is 19.9. The monoisotopic (exact) mass is 459 g/mol. The van der Waals surface area contributed by atoms with Gasteiger partial charge in [-0.2, -0.15) is 4.99 Å². The van der Waals surface area contributed by atoms with Crippen LogP contribution in [0.3, 0.4) is 0 Å². The highest BCUT2D eigenvalue weighted by atomic mass is 19.1. The largest absolute Gasteiger partial charge is 0.494 e. The van der Waals surface area contributed by atoms with Crippen LogP contribution in [-0.2, 0) is 0 Å². The zero-order chi connectivity index (χ0) is 23.0. The third kappa shape index (κ3) is 6.57. The maximum absolute atomic E-state index is 14.2. The fraction of sp³-hybridized carbons (Fsp3) is 0.667. The average Bonchev–Trinajstić information content (AvgIpc) is 3.12. The Balaban J connectivity index is 1.45. The summed E-state index contributed by atoms with van der Waals surface area (Å²) in [6.45, 7) is 5.27. The topological polar surface area (TPSA) is 85.3 Å². The summed E-state index contributed by atoms with van der Waals surface area (Å²) in [4.78, 5) is 11.9. The molecule has 33 heavy (non-hydrogen) atoms. The summed E-state index contributed by atoms with van der Waals surface area (Å²) < 4.78 is 19.2. The van der Waals surface area contributed by atoms with Gasteiger partial charge in [-0.05, 0) is 50.9 Å². The van der Waals surface area contributed by atoms with Crippen molar-refractivity contribution >= 4 is 17.6 Å². The maximum Gasteiger partial charge on any atom is 0.229 e. The Morgan fingerprint density at radius 1 is 1.15 bits per heavy atom. The lowest BCUT2D eigenvalue weighted by atomic mass is 10.1. The van der Waals surface area contributed by atoms with Crippen LogP contribution in [0, 0.1) is 5.82 Å². The van der Waals surface area contributed by atoms with Gasteiger partial charge in [-0.3, -0.25) is 10.2 Å². The van der Waals surface area contributed by atoms with Crippen LogP contribution >= 0.6 is 0 Å². The summed E-state index contributed by atoms with van der Waals surface area (Å²) in [5, 5.41) is 13.7. The molecule has 3 aliphatic rings. The fourth-order valence-electron chi connectivity index (χ4n) is 4.98. The molecule has 0 amide bonds. The molecule has 1 aliphatic carbocycles. The SMILES string of the molecule is CCN1CCCC1CNC1=NC(Nc2ccc(OC)c(F)c2)=NC(NC2CCCCCC2)N1. The minimum absolute atomic E-state index is 0.212. The van der Waals surface area contributed by atoms with E-state index in [1.54, 1.807) is 12.1 Å². The lowest BCUT2D eigenvalue weighted by molar-refractivity contribution is 0.266. The minimum Gasteiger partial charge on any atom is -0.494 e. The first-order valence-electron chi connectivity index (χ1n) is 12.4. The van der Waals surface area contributed by atoms with Crippen LogP contribution in [0.4, 0.5) is 10.1 Å². The van der Waals surface area contributed by atoms with E-state index in [1.807, 2.05) is 0 Å². The van der Waals surface area contributed by atoms with Crippen LogP contribution in [0.15, 0.2) is 28.2 Å². The molecule has 2 heterocycles. The lowest BCUT2D eigenvalue weighted by Crippen LogP contribution is -2.56. The van der Waals surface area contributed by atoms with Crippen molar-refractivity contribution in [3.8, 4) is 5.75 Å². The van der Waals surface area contributed by atoms with E-state index in [-0.39, 0.29) is 12.0 Å². The first-order valence-corrected chi connectivity index (χ1v) is 12.4. The third-order valence-corrected chi connectivity index (χ3v) is 6.81. The summed E-state index contributed by atoms with van der Waals surface area (Å²) in [5.41, 5.74) is 0.582. The van der Waals surface area contributed by atoms with Gasteiger partial charge < -0.3 is 20.7 Å². The molecule has 2 unspecified atom stereocenters. The van der Waals surface area contributed by atoms with Gasteiger partial charge in [0.2, 0.25) is 11.9 Å². The standard InChI is InChI=1S/C24H38FN7O/c1-3-32-14-8-11-19(32)16-26-22-29-23(27-17-9-6-4-5-7-10-17)31-24(30-22)28-18-12-13-21(33-2)20(25)15-18/h12-13,15,17,19,23,27H,3-11,14,16H2,1-2H3,(H3,26,28,29,30,31). The van der Waals surface area contributed by atoms with Crippen molar-refractivity contribution in [1.82, 2.24) is 20.9 Å². The normalized spacial score (nSPS) is 24.5. The Labute approximate surface area is 196 Å². The Morgan fingerprint density at radius 2 is 1.97 bits per heavy atom. The van der Waals surface area contributed by atoms with Crippen LogP contribution in [0.25, 0.3) is 0 Å². The predicted octanol–water partition coefficient (Wildman–Crippen LogP) is 3.23. The summed E-state index contributed by atoms with van der Waals surface area (Å²) >= 11 is 0. The van der Waals surface area contributed by atoms with Crippen molar-refractivity contribution < 1.29 is 9.13 Å². The van der Waals surface area contributed by atoms with Gasteiger partial charge >= 0.3 is 0 Å². The number of halogens is 1. The van der Waals surface area contributed by atoms with Crippen molar-refractivity contribution in [2.24, 2.45) is 9.98 Å². The van der Waals surface area contributed by atoms with E-state index >= 15 is 0 Å². The number of nitrogens with one attached hydrogen (secondary N) is 4. The van der Waals surface area contributed by atoms with Gasteiger partial charge in [0, 0.05) is 30.4 Å². The highest BCUT2D eigenvalue weighted by Gasteiger charge is 2.25. The van der Waals surface area contributed by atoms with Crippen molar-refractivity contribution in [1.29, 1.82) is 0 Å². The molecule has 8 nitrogen and oxygen atoms in total. The molecule has 2 atom stereocenters. The Bertz CT molecular complexity index is 838. The number of hydrogen-bond donors (Lipinski definition) is 4. The Morgan fingerprint density at radius 3 is 2.70 bits per heavy atom. The molecule has 4 rings (SSSR count). The molecule has 2 fully saturated rings. The molecule has 0 spiro atoms. The molecule has 0 aromatic heterocycles. The first kappa shape index (κ1) is 23.8. The van der Waals surface area contributed by atoms with Crippen molar-refractivity contribution in [2.75, 3.05) is 32.1 Å².